The van der Waals surface area contributed by atoms with Crippen molar-refractivity contribution in [2.45, 2.75) is 26.0 Å². The fraction of sp³-hybridized carbons (Fsp3) is 0.556. The molecule has 1 aliphatic heterocycles. The summed E-state index contributed by atoms with van der Waals surface area (Å²) in [7, 11) is 0. The van der Waals surface area contributed by atoms with E-state index in [0.29, 0.717) is 0 Å². The molecule has 0 bridgehead atoms. The molecule has 1 unspecified atom stereocenters. The summed E-state index contributed by atoms with van der Waals surface area (Å²) < 4.78 is 0. The van der Waals surface area contributed by atoms with Crippen LogP contribution >= 0.6 is 11.3 Å². The molecule has 0 spiro atoms. The van der Waals surface area contributed by atoms with E-state index in [4.69, 9.17) is 0 Å². The van der Waals surface area contributed by atoms with Gasteiger partial charge in [0.05, 0.1) is 6.10 Å². The van der Waals surface area contributed by atoms with E-state index in [-0.39, 0.29) is 6.10 Å². The van der Waals surface area contributed by atoms with Gasteiger partial charge in [-0.3, -0.25) is 0 Å². The number of rotatable bonds is 1. The highest BCUT2D eigenvalue weighted by Crippen LogP contribution is 2.29. The number of nitrogens with one attached hydrogen (secondary N) is 1. The largest absolute Gasteiger partial charge is 0.388 e. The van der Waals surface area contributed by atoms with E-state index >= 15 is 0 Å². The molecule has 1 aromatic rings. The van der Waals surface area contributed by atoms with E-state index < -0.39 is 0 Å². The maximum Gasteiger partial charge on any atom is 0.0854 e. The van der Waals surface area contributed by atoms with E-state index in [2.05, 4.69) is 11.4 Å². The van der Waals surface area contributed by atoms with Gasteiger partial charge < -0.3 is 10.4 Å². The minimum Gasteiger partial charge on any atom is -0.388 e. The topological polar surface area (TPSA) is 32.3 Å². The molecule has 2 N–H and O–H groups in total. The minimum absolute atomic E-state index is 0.305. The molecular weight excluding hydrogens is 170 g/mol. The average molecular weight is 183 g/mol. The van der Waals surface area contributed by atoms with Crippen molar-refractivity contribution >= 4 is 11.3 Å². The summed E-state index contributed by atoms with van der Waals surface area (Å²) >= 11 is 1.73. The van der Waals surface area contributed by atoms with Crippen molar-refractivity contribution < 1.29 is 5.11 Å². The Hall–Kier alpha value is -0.380. The van der Waals surface area contributed by atoms with E-state index in [1.54, 1.807) is 11.3 Å². The predicted molar refractivity (Wildman–Crippen MR) is 50.4 cm³/mol. The lowest BCUT2D eigenvalue weighted by Gasteiger charge is -2.10. The summed E-state index contributed by atoms with van der Waals surface area (Å²) in [5, 5.41) is 12.7. The van der Waals surface area contributed by atoms with Crippen LogP contribution in [0.4, 0.5) is 0 Å². The first-order valence-electron chi connectivity index (χ1n) is 4.27. The minimum atomic E-state index is -0.305. The van der Waals surface area contributed by atoms with Gasteiger partial charge in [-0.1, -0.05) is 0 Å². The van der Waals surface area contributed by atoms with Gasteiger partial charge in [-0.25, -0.2) is 0 Å². The molecule has 0 fully saturated rings. The second kappa shape index (κ2) is 3.17. The number of aliphatic hydroxyl groups is 1. The highest BCUT2D eigenvalue weighted by atomic mass is 32.1. The van der Waals surface area contributed by atoms with Gasteiger partial charge in [0.15, 0.2) is 0 Å². The average Bonchev–Trinajstić information content (AvgIpc) is 2.46. The SMILES string of the molecule is CC(O)c1cc2c(s1)CNCC2. The Bertz CT molecular complexity index is 257. The maximum atomic E-state index is 9.36. The van der Waals surface area contributed by atoms with Crippen LogP contribution in [0.3, 0.4) is 0 Å². The zero-order chi connectivity index (χ0) is 8.55. The molecule has 0 radical (unpaired) electrons. The lowest BCUT2D eigenvalue weighted by atomic mass is 10.1. The summed E-state index contributed by atoms with van der Waals surface area (Å²) in [5.41, 5.74) is 1.43. The Morgan fingerprint density at radius 3 is 3.17 bits per heavy atom. The van der Waals surface area contributed by atoms with E-state index in [0.717, 1.165) is 24.4 Å². The van der Waals surface area contributed by atoms with Crippen molar-refractivity contribution in [1.29, 1.82) is 0 Å². The molecule has 1 aliphatic rings. The van der Waals surface area contributed by atoms with Gasteiger partial charge in [0.2, 0.25) is 0 Å². The van der Waals surface area contributed by atoms with Gasteiger partial charge in [0, 0.05) is 16.3 Å². The Morgan fingerprint density at radius 2 is 2.50 bits per heavy atom. The standard InChI is InChI=1S/C9H13NOS/c1-6(11)8-4-7-2-3-10-5-9(7)12-8/h4,6,10-11H,2-3,5H2,1H3. The highest BCUT2D eigenvalue weighted by molar-refractivity contribution is 7.12. The Kier molecular flexibility index (Phi) is 2.17. The third kappa shape index (κ3) is 1.40. The lowest BCUT2D eigenvalue weighted by Crippen LogP contribution is -2.21. The van der Waals surface area contributed by atoms with Crippen molar-refractivity contribution in [1.82, 2.24) is 5.32 Å². The van der Waals surface area contributed by atoms with Crippen molar-refractivity contribution in [3.63, 3.8) is 0 Å². The van der Waals surface area contributed by atoms with Crippen molar-refractivity contribution in [3.05, 3.63) is 21.4 Å². The summed E-state index contributed by atoms with van der Waals surface area (Å²) in [4.78, 5) is 2.50. The zero-order valence-electron chi connectivity index (χ0n) is 7.13. The van der Waals surface area contributed by atoms with Crippen LogP contribution in [0.1, 0.15) is 28.3 Å². The van der Waals surface area contributed by atoms with Crippen LogP contribution in [0.25, 0.3) is 0 Å². The van der Waals surface area contributed by atoms with Crippen molar-refractivity contribution in [3.8, 4) is 0 Å². The normalized spacial score (nSPS) is 18.8. The Balaban J connectivity index is 2.32. The van der Waals surface area contributed by atoms with Crippen LogP contribution in [0.5, 0.6) is 0 Å². The Labute approximate surface area is 76.2 Å². The zero-order valence-corrected chi connectivity index (χ0v) is 7.95. The van der Waals surface area contributed by atoms with Gasteiger partial charge in [-0.05, 0) is 31.5 Å². The molecule has 2 rings (SSSR count). The highest BCUT2D eigenvalue weighted by Gasteiger charge is 2.14. The molecule has 1 aromatic heterocycles. The molecule has 2 nitrogen and oxygen atoms in total. The van der Waals surface area contributed by atoms with Gasteiger partial charge >= 0.3 is 0 Å². The molecule has 3 heteroatoms. The molecule has 0 saturated heterocycles. The first-order chi connectivity index (χ1) is 5.77. The molecular formula is C9H13NOS. The predicted octanol–water partition coefficient (Wildman–Crippen LogP) is 1.45. The van der Waals surface area contributed by atoms with Gasteiger partial charge in [-0.15, -0.1) is 11.3 Å². The molecule has 1 atom stereocenters. The van der Waals surface area contributed by atoms with E-state index in [1.165, 1.54) is 10.4 Å². The summed E-state index contributed by atoms with van der Waals surface area (Å²) in [6.45, 7) is 3.88. The molecule has 0 saturated carbocycles. The van der Waals surface area contributed by atoms with Crippen LogP contribution < -0.4 is 5.32 Å². The number of fused-ring (bicyclic) bond motifs is 1. The summed E-state index contributed by atoms with van der Waals surface area (Å²) in [6.07, 6.45) is 0.805. The van der Waals surface area contributed by atoms with Crippen LogP contribution in [0.2, 0.25) is 0 Å². The fourth-order valence-electron chi connectivity index (χ4n) is 1.48. The number of hydrogen-bond donors (Lipinski definition) is 2. The molecule has 0 aliphatic carbocycles. The van der Waals surface area contributed by atoms with Crippen LogP contribution in [-0.2, 0) is 13.0 Å². The lowest BCUT2D eigenvalue weighted by molar-refractivity contribution is 0.203. The van der Waals surface area contributed by atoms with Crippen molar-refractivity contribution in [2.75, 3.05) is 6.54 Å². The van der Waals surface area contributed by atoms with E-state index in [1.807, 2.05) is 6.92 Å². The van der Waals surface area contributed by atoms with Crippen LogP contribution in [0.15, 0.2) is 6.07 Å². The molecule has 0 amide bonds. The second-order valence-electron chi connectivity index (χ2n) is 3.20. The number of aliphatic hydroxyl groups excluding tert-OH is 1. The summed E-state index contributed by atoms with van der Waals surface area (Å²) in [5.74, 6) is 0. The third-order valence-electron chi connectivity index (χ3n) is 2.18. The smallest absolute Gasteiger partial charge is 0.0854 e. The van der Waals surface area contributed by atoms with Gasteiger partial charge in [0.1, 0.15) is 0 Å². The molecule has 66 valence electrons. The first-order valence-corrected chi connectivity index (χ1v) is 5.09. The monoisotopic (exact) mass is 183 g/mol. The van der Waals surface area contributed by atoms with E-state index in [9.17, 15) is 5.11 Å². The first kappa shape index (κ1) is 8.23. The number of thiophene rings is 1. The molecule has 2 heterocycles. The second-order valence-corrected chi connectivity index (χ2v) is 4.37. The van der Waals surface area contributed by atoms with Crippen LogP contribution in [-0.4, -0.2) is 11.7 Å². The Morgan fingerprint density at radius 1 is 1.67 bits per heavy atom. The van der Waals surface area contributed by atoms with Crippen LogP contribution in [0, 0.1) is 0 Å². The van der Waals surface area contributed by atoms with Crippen molar-refractivity contribution in [2.24, 2.45) is 0 Å². The van der Waals surface area contributed by atoms with Gasteiger partial charge in [0.25, 0.3) is 0 Å². The number of hydrogen-bond acceptors (Lipinski definition) is 3. The quantitative estimate of drug-likeness (QED) is 0.690. The summed E-state index contributed by atoms with van der Waals surface area (Å²) in [6, 6.07) is 2.14. The molecule has 0 aromatic carbocycles. The maximum absolute atomic E-state index is 9.36. The fourth-order valence-corrected chi connectivity index (χ4v) is 2.60. The molecule has 12 heavy (non-hydrogen) atoms. The van der Waals surface area contributed by atoms with Gasteiger partial charge in [-0.2, -0.15) is 0 Å². The third-order valence-corrected chi connectivity index (χ3v) is 3.53.